The van der Waals surface area contributed by atoms with Gasteiger partial charge in [0.25, 0.3) is 0 Å². The van der Waals surface area contributed by atoms with E-state index < -0.39 is 10.2 Å². The number of rotatable bonds is 3. The largest absolute Gasteiger partial charge is 0.497 e. The Morgan fingerprint density at radius 2 is 2.14 bits per heavy atom. The summed E-state index contributed by atoms with van der Waals surface area (Å²) in [5.74, 6) is 1.75. The third kappa shape index (κ3) is 2.47. The van der Waals surface area contributed by atoms with Gasteiger partial charge in [0.1, 0.15) is 23.6 Å². The molecule has 114 valence electrons. The molecule has 2 fully saturated rings. The topological polar surface area (TPSA) is 71.0 Å². The van der Waals surface area contributed by atoms with Gasteiger partial charge >= 0.3 is 0 Å². The molecule has 0 bridgehead atoms. The van der Waals surface area contributed by atoms with Crippen LogP contribution in [0.15, 0.2) is 18.2 Å². The van der Waals surface area contributed by atoms with Gasteiger partial charge in [-0.1, -0.05) is 4.21 Å². The van der Waals surface area contributed by atoms with Gasteiger partial charge < -0.3 is 19.7 Å². The highest BCUT2D eigenvalue weighted by atomic mass is 32.3. The van der Waals surface area contributed by atoms with Crippen molar-refractivity contribution < 1.29 is 18.2 Å². The highest BCUT2D eigenvalue weighted by molar-refractivity contribution is 7.98. The molecule has 2 aliphatic heterocycles. The molecule has 0 radical (unpaired) electrons. The molecule has 2 N–H and O–H groups in total. The van der Waals surface area contributed by atoms with Gasteiger partial charge in [-0.15, -0.1) is 0 Å². The second-order valence-electron chi connectivity index (χ2n) is 5.14. The summed E-state index contributed by atoms with van der Waals surface area (Å²) in [7, 11) is 0.380. The Hall–Kier alpha value is -1.38. The maximum atomic E-state index is 12.0. The molecular weight excluding hydrogens is 312 g/mol. The van der Waals surface area contributed by atoms with Crippen molar-refractivity contribution in [3.8, 4) is 11.5 Å². The smallest absolute Gasteiger partial charge is 0.218 e. The number of methoxy groups -OCH3 is 2. The number of ether oxygens (including phenoxy) is 2. The van der Waals surface area contributed by atoms with E-state index in [4.69, 9.17) is 21.7 Å². The molecule has 8 heteroatoms. The van der Waals surface area contributed by atoms with Gasteiger partial charge in [-0.05, 0) is 24.4 Å². The van der Waals surface area contributed by atoms with Crippen LogP contribution < -0.4 is 19.7 Å². The maximum Gasteiger partial charge on any atom is 0.218 e. The number of benzene rings is 1. The average molecular weight is 329 g/mol. The van der Waals surface area contributed by atoms with Gasteiger partial charge in [-0.2, -0.15) is 4.55 Å². The number of nitrogens with one attached hydrogen (secondary N) is 1. The Balaban J connectivity index is 2.02. The van der Waals surface area contributed by atoms with Crippen LogP contribution in [0.1, 0.15) is 0 Å². The zero-order chi connectivity index (χ0) is 15.2. The summed E-state index contributed by atoms with van der Waals surface area (Å²) >= 11 is 5.38. The third-order valence-corrected chi connectivity index (χ3v) is 5.90. The zero-order valence-electron chi connectivity index (χ0n) is 11.7. The predicted octanol–water partition coefficient (Wildman–Crippen LogP) is 1.12. The van der Waals surface area contributed by atoms with Crippen LogP contribution in [0, 0.1) is 0 Å². The predicted molar refractivity (Wildman–Crippen MR) is 85.7 cm³/mol. The molecule has 0 aromatic heterocycles. The zero-order valence-corrected chi connectivity index (χ0v) is 13.4. The third-order valence-electron chi connectivity index (χ3n) is 3.84. The van der Waals surface area contributed by atoms with Gasteiger partial charge in [0, 0.05) is 6.07 Å². The van der Waals surface area contributed by atoms with Gasteiger partial charge in [0.2, 0.25) is 10.2 Å². The number of anilines is 1. The number of fused-ring (bicyclic) bond motifs is 1. The molecule has 0 saturated carbocycles. The van der Waals surface area contributed by atoms with E-state index in [1.54, 1.807) is 26.4 Å². The van der Waals surface area contributed by atoms with Gasteiger partial charge in [0.05, 0.1) is 19.9 Å². The first kappa shape index (κ1) is 14.6. The van der Waals surface area contributed by atoms with Crippen LogP contribution in [-0.2, 0) is 14.4 Å². The fraction of sp³-hybridized carbons (Fsp3) is 0.462. The lowest BCUT2D eigenvalue weighted by Gasteiger charge is -2.24. The fourth-order valence-electron chi connectivity index (χ4n) is 2.89. The lowest BCUT2D eigenvalue weighted by atomic mass is 10.1. The second kappa shape index (κ2) is 5.11. The molecule has 1 aromatic rings. The first-order valence-electron chi connectivity index (χ1n) is 6.49. The minimum atomic E-state index is -2.79. The standard InChI is InChI=1S/C13H16N2O4S2/c1-18-8-3-4-12(19-2)10(5-8)15-11-7-21(16,17)6-9(11)14-13(15)20/h3-5,9,11H,6-7H2,1-2H3,(H-,14,16,17,20)/p+1/t9-,11-/m1/s1. The summed E-state index contributed by atoms with van der Waals surface area (Å²) in [6.45, 7) is 0. The molecule has 6 nitrogen and oxygen atoms in total. The van der Waals surface area contributed by atoms with Crippen LogP contribution in [0.3, 0.4) is 0 Å². The summed E-state index contributed by atoms with van der Waals surface area (Å²) in [5, 5.41) is 3.68. The number of hydrogen-bond donors (Lipinski definition) is 2. The first-order chi connectivity index (χ1) is 9.95. The molecule has 21 heavy (non-hydrogen) atoms. The average Bonchev–Trinajstić information content (AvgIpc) is 2.88. The molecule has 1 aromatic carbocycles. The molecule has 3 rings (SSSR count). The number of thiocarbonyl (C=S) groups is 1. The van der Waals surface area contributed by atoms with Crippen LogP contribution >= 0.6 is 12.2 Å². The van der Waals surface area contributed by atoms with Crippen LogP contribution in [-0.4, -0.2) is 47.5 Å². The van der Waals surface area contributed by atoms with Crippen molar-refractivity contribution >= 4 is 33.2 Å². The minimum Gasteiger partial charge on any atom is -0.497 e. The Morgan fingerprint density at radius 3 is 2.81 bits per heavy atom. The summed E-state index contributed by atoms with van der Waals surface area (Å²) in [5.41, 5.74) is 0.749. The van der Waals surface area contributed by atoms with Crippen LogP contribution in [0.4, 0.5) is 5.69 Å². The molecule has 0 aliphatic carbocycles. The van der Waals surface area contributed by atoms with Crippen molar-refractivity contribution in [3.63, 3.8) is 0 Å². The number of hydrogen-bond acceptors (Lipinski definition) is 4. The Bertz CT molecular complexity index is 637. The summed E-state index contributed by atoms with van der Waals surface area (Å²) in [6, 6.07) is 5.18. The monoisotopic (exact) mass is 329 g/mol. The van der Waals surface area contributed by atoms with Crippen molar-refractivity contribution in [2.24, 2.45) is 0 Å². The minimum absolute atomic E-state index is 0.106. The molecule has 2 saturated heterocycles. The normalized spacial score (nSPS) is 31.0. The van der Waals surface area contributed by atoms with E-state index in [0.717, 1.165) is 5.69 Å². The Labute approximate surface area is 129 Å². The van der Waals surface area contributed by atoms with E-state index >= 15 is 0 Å². The van der Waals surface area contributed by atoms with E-state index in [1.165, 1.54) is 0 Å². The van der Waals surface area contributed by atoms with E-state index in [-0.39, 0.29) is 23.6 Å². The van der Waals surface area contributed by atoms with Crippen molar-refractivity contribution in [2.75, 3.05) is 30.6 Å². The van der Waals surface area contributed by atoms with Gasteiger partial charge in [-0.25, -0.2) is 0 Å². The van der Waals surface area contributed by atoms with Crippen molar-refractivity contribution in [1.29, 1.82) is 0 Å². The summed E-state index contributed by atoms with van der Waals surface area (Å²) in [4.78, 5) is 1.87. The SMILES string of the molecule is COc1ccc(OC)c(N2C(=S)N[C@@H]3C[S+](=O)(O)C[C@H]32)c1. The molecule has 2 heterocycles. The molecule has 2 aliphatic rings. The Kier molecular flexibility index (Phi) is 3.54. The van der Waals surface area contributed by atoms with Gasteiger partial charge in [0.15, 0.2) is 16.6 Å². The van der Waals surface area contributed by atoms with Crippen LogP contribution in [0.5, 0.6) is 11.5 Å². The van der Waals surface area contributed by atoms with Crippen LogP contribution in [0.25, 0.3) is 0 Å². The van der Waals surface area contributed by atoms with Crippen molar-refractivity contribution in [1.82, 2.24) is 5.32 Å². The van der Waals surface area contributed by atoms with Crippen LogP contribution in [0.2, 0.25) is 0 Å². The molecule has 0 spiro atoms. The fourth-order valence-corrected chi connectivity index (χ4v) is 5.19. The van der Waals surface area contributed by atoms with Crippen molar-refractivity contribution in [2.45, 2.75) is 12.1 Å². The quantitative estimate of drug-likeness (QED) is 0.636. The Morgan fingerprint density at radius 1 is 1.38 bits per heavy atom. The maximum absolute atomic E-state index is 12.0. The lowest BCUT2D eigenvalue weighted by Crippen LogP contribution is -2.37. The molecule has 3 atom stereocenters. The highest BCUT2D eigenvalue weighted by Gasteiger charge is 2.54. The van der Waals surface area contributed by atoms with Crippen molar-refractivity contribution in [3.05, 3.63) is 18.2 Å². The van der Waals surface area contributed by atoms with E-state index in [2.05, 4.69) is 5.32 Å². The number of nitrogens with zero attached hydrogens (tertiary/aromatic N) is 1. The summed E-state index contributed by atoms with van der Waals surface area (Å²) < 4.78 is 32.4. The second-order valence-corrected chi connectivity index (χ2v) is 7.74. The molecule has 0 amide bonds. The highest BCUT2D eigenvalue weighted by Crippen LogP contribution is 2.38. The van der Waals surface area contributed by atoms with E-state index in [9.17, 15) is 8.76 Å². The van der Waals surface area contributed by atoms with E-state index in [0.29, 0.717) is 16.6 Å². The first-order valence-corrected chi connectivity index (χ1v) is 8.75. The van der Waals surface area contributed by atoms with Gasteiger partial charge in [-0.3, -0.25) is 0 Å². The lowest BCUT2D eigenvalue weighted by molar-refractivity contribution is 0.403. The summed E-state index contributed by atoms with van der Waals surface area (Å²) in [6.07, 6.45) is 0. The molecular formula is C13H17N2O4S2+. The van der Waals surface area contributed by atoms with E-state index in [1.807, 2.05) is 11.0 Å². The molecule has 1 unspecified atom stereocenters.